The number of amides is 1. The van der Waals surface area contributed by atoms with Crippen LogP contribution in [0.25, 0.3) is 10.2 Å². The molecule has 2 atom stereocenters. The predicted octanol–water partition coefficient (Wildman–Crippen LogP) is 4.79. The summed E-state index contributed by atoms with van der Waals surface area (Å²) < 4.78 is 8.16. The van der Waals surface area contributed by atoms with E-state index in [0.717, 1.165) is 65.3 Å². The average Bonchev–Trinajstić information content (AvgIpc) is 3.62. The van der Waals surface area contributed by atoms with Gasteiger partial charge < -0.3 is 19.6 Å². The van der Waals surface area contributed by atoms with Crippen molar-refractivity contribution in [1.82, 2.24) is 10.3 Å². The number of fused-ring (bicyclic) bond motifs is 4. The highest BCUT2D eigenvalue weighted by Crippen LogP contribution is 2.37. The van der Waals surface area contributed by atoms with Crippen LogP contribution in [0.1, 0.15) is 29.7 Å². The number of carbonyl (C=O) groups excluding carboxylic acids is 1. The van der Waals surface area contributed by atoms with Crippen molar-refractivity contribution in [3.8, 4) is 5.19 Å². The number of piperidine rings is 3. The Morgan fingerprint density at radius 2 is 1.86 bits per heavy atom. The minimum Gasteiger partial charge on any atom is -0.470 e. The smallest absolute Gasteiger partial charge is 0.274 e. The van der Waals surface area contributed by atoms with E-state index in [1.165, 1.54) is 11.3 Å². The molecule has 3 fully saturated rings. The summed E-state index contributed by atoms with van der Waals surface area (Å²) >= 11 is 3.00. The van der Waals surface area contributed by atoms with Crippen molar-refractivity contribution in [2.24, 2.45) is 5.92 Å². The Balaban J connectivity index is 1.10. The first kappa shape index (κ1) is 24.6. The first-order valence-corrected chi connectivity index (χ1v) is 14.7. The van der Waals surface area contributed by atoms with Gasteiger partial charge in [0.2, 0.25) is 5.60 Å². The van der Waals surface area contributed by atoms with Gasteiger partial charge in [0.05, 0.1) is 53.9 Å². The van der Waals surface area contributed by atoms with Gasteiger partial charge in [-0.3, -0.25) is 4.79 Å². The quantitative estimate of drug-likeness (QED) is 0.239. The lowest BCUT2D eigenvalue weighted by molar-refractivity contribution is -0.944. The summed E-state index contributed by atoms with van der Waals surface area (Å²) in [6.07, 6.45) is 3.16. The number of ether oxygens (including phenoxy) is 1. The summed E-state index contributed by atoms with van der Waals surface area (Å²) in [7, 11) is 0. The monoisotopic (exact) mass is 534 g/mol. The number of para-hydroxylation sites is 1. The van der Waals surface area contributed by atoms with Crippen LogP contribution in [0.2, 0.25) is 0 Å². The molecule has 1 unspecified atom stereocenters. The summed E-state index contributed by atoms with van der Waals surface area (Å²) in [5.74, 6) is 0.142. The summed E-state index contributed by atoms with van der Waals surface area (Å²) in [6, 6.07) is 21.2. The first-order valence-electron chi connectivity index (χ1n) is 13.0. The maximum atomic E-state index is 13.7. The van der Waals surface area contributed by atoms with Crippen molar-refractivity contribution in [3.05, 3.63) is 82.6 Å². The van der Waals surface area contributed by atoms with Crippen LogP contribution in [0.3, 0.4) is 0 Å². The Morgan fingerprint density at radius 1 is 1.08 bits per heavy atom. The Hall–Kier alpha value is -2.78. The van der Waals surface area contributed by atoms with Crippen LogP contribution in [0.5, 0.6) is 5.19 Å². The van der Waals surface area contributed by atoms with Crippen LogP contribution >= 0.6 is 22.7 Å². The standard InChI is InChI=1S/C29H31N3O3S2/c33-27(29(34,26-12-6-19-36-26)22-8-2-1-3-9-22)30-24-20-32(16-13-21(24)14-17-32)15-7-18-35-28-31-23-10-4-5-11-25(23)37-28/h1-6,8-12,19,21,24,34H,7,13-18,20H2/p+1/t21?,24-,29?,32?/m0/s1. The van der Waals surface area contributed by atoms with Gasteiger partial charge >= 0.3 is 0 Å². The maximum absolute atomic E-state index is 13.7. The molecule has 1 amide bonds. The van der Waals surface area contributed by atoms with E-state index in [1.54, 1.807) is 11.3 Å². The fourth-order valence-electron chi connectivity index (χ4n) is 6.06. The van der Waals surface area contributed by atoms with Crippen molar-refractivity contribution in [2.45, 2.75) is 30.9 Å². The Kier molecular flexibility index (Phi) is 6.75. The molecule has 2 N–H and O–H groups in total. The molecule has 2 aromatic carbocycles. The van der Waals surface area contributed by atoms with E-state index in [9.17, 15) is 9.90 Å². The molecule has 8 heteroatoms. The zero-order valence-electron chi connectivity index (χ0n) is 20.7. The molecule has 3 aliphatic rings. The average molecular weight is 535 g/mol. The highest BCUT2D eigenvalue weighted by Gasteiger charge is 2.49. The van der Waals surface area contributed by atoms with Gasteiger partial charge in [-0.25, -0.2) is 4.98 Å². The largest absolute Gasteiger partial charge is 0.470 e. The molecule has 3 aliphatic heterocycles. The highest BCUT2D eigenvalue weighted by atomic mass is 32.1. The van der Waals surface area contributed by atoms with E-state index in [2.05, 4.69) is 16.4 Å². The van der Waals surface area contributed by atoms with E-state index in [1.807, 2.05) is 66.0 Å². The number of thiazole rings is 1. The van der Waals surface area contributed by atoms with Gasteiger partial charge in [0.1, 0.15) is 0 Å². The van der Waals surface area contributed by atoms with Crippen LogP contribution in [0.4, 0.5) is 0 Å². The van der Waals surface area contributed by atoms with Crippen LogP contribution in [-0.4, -0.2) is 59.3 Å². The molecule has 0 saturated carbocycles. The summed E-state index contributed by atoms with van der Waals surface area (Å²) in [5.41, 5.74) is -0.0941. The Labute approximate surface area is 225 Å². The zero-order chi connectivity index (χ0) is 25.3. The third-order valence-electron chi connectivity index (χ3n) is 8.09. The molecular formula is C29H32N3O3S2+. The molecule has 6 nitrogen and oxygen atoms in total. The number of quaternary nitrogens is 1. The van der Waals surface area contributed by atoms with Crippen molar-refractivity contribution in [3.63, 3.8) is 0 Å². The summed E-state index contributed by atoms with van der Waals surface area (Å²) in [5, 5.41) is 17.7. The molecule has 37 heavy (non-hydrogen) atoms. The topological polar surface area (TPSA) is 71.5 Å². The van der Waals surface area contributed by atoms with Gasteiger partial charge in [-0.2, -0.15) is 0 Å². The van der Waals surface area contributed by atoms with Gasteiger partial charge in [0.25, 0.3) is 11.1 Å². The second-order valence-electron chi connectivity index (χ2n) is 10.3. The molecule has 192 valence electrons. The van der Waals surface area contributed by atoms with E-state index in [4.69, 9.17) is 4.74 Å². The van der Waals surface area contributed by atoms with Crippen LogP contribution in [-0.2, 0) is 10.4 Å². The number of rotatable bonds is 9. The van der Waals surface area contributed by atoms with Crippen LogP contribution in [0, 0.1) is 5.92 Å². The summed E-state index contributed by atoms with van der Waals surface area (Å²) in [6.45, 7) is 4.87. The van der Waals surface area contributed by atoms with E-state index >= 15 is 0 Å². The van der Waals surface area contributed by atoms with Crippen molar-refractivity contribution < 1.29 is 19.1 Å². The first-order chi connectivity index (χ1) is 18.1. The molecule has 3 saturated heterocycles. The number of hydrogen-bond donors (Lipinski definition) is 2. The van der Waals surface area contributed by atoms with Crippen LogP contribution < -0.4 is 10.1 Å². The molecule has 5 heterocycles. The lowest BCUT2D eigenvalue weighted by Crippen LogP contribution is -2.68. The number of nitrogens with one attached hydrogen (secondary N) is 1. The second kappa shape index (κ2) is 10.2. The van der Waals surface area contributed by atoms with Gasteiger partial charge in [0.15, 0.2) is 0 Å². The van der Waals surface area contributed by atoms with Gasteiger partial charge in [-0.05, 0) is 35.1 Å². The van der Waals surface area contributed by atoms with Gasteiger partial charge in [-0.1, -0.05) is 59.9 Å². The van der Waals surface area contributed by atoms with E-state index in [0.29, 0.717) is 23.0 Å². The minimum absolute atomic E-state index is 0.0652. The second-order valence-corrected chi connectivity index (χ2v) is 12.3. The fourth-order valence-corrected chi connectivity index (χ4v) is 7.74. The van der Waals surface area contributed by atoms with Crippen molar-refractivity contribution in [1.29, 1.82) is 0 Å². The molecule has 0 radical (unpaired) electrons. The number of aliphatic hydroxyl groups is 1. The molecule has 0 spiro atoms. The molecule has 4 aromatic rings. The van der Waals surface area contributed by atoms with Gasteiger partial charge in [0, 0.05) is 19.3 Å². The Morgan fingerprint density at radius 3 is 2.62 bits per heavy atom. The molecular weight excluding hydrogens is 502 g/mol. The molecule has 7 rings (SSSR count). The van der Waals surface area contributed by atoms with E-state index in [-0.39, 0.29) is 11.9 Å². The fraction of sp³-hybridized carbons (Fsp3) is 0.379. The zero-order valence-corrected chi connectivity index (χ0v) is 22.3. The number of benzene rings is 2. The maximum Gasteiger partial charge on any atom is 0.274 e. The van der Waals surface area contributed by atoms with Crippen molar-refractivity contribution >= 4 is 38.8 Å². The molecule has 2 bridgehead atoms. The number of aromatic nitrogens is 1. The molecule has 0 aliphatic carbocycles. The lowest BCUT2D eigenvalue weighted by Gasteiger charge is -2.53. The number of nitrogens with zero attached hydrogens (tertiary/aromatic N) is 2. The third kappa shape index (κ3) is 4.79. The lowest BCUT2D eigenvalue weighted by atomic mass is 9.80. The highest BCUT2D eigenvalue weighted by molar-refractivity contribution is 7.20. The normalized spacial score (nSPS) is 24.6. The third-order valence-corrected chi connectivity index (χ3v) is 10.0. The predicted molar refractivity (Wildman–Crippen MR) is 148 cm³/mol. The van der Waals surface area contributed by atoms with Crippen molar-refractivity contribution in [2.75, 3.05) is 32.8 Å². The number of carbonyl (C=O) groups is 1. The summed E-state index contributed by atoms with van der Waals surface area (Å²) in [4.78, 5) is 18.9. The Bertz CT molecular complexity index is 1320. The molecule has 2 aromatic heterocycles. The SMILES string of the molecule is O=C(N[C@H]1C[N+]2(CCCOc3nc4ccccc4s3)CCC1CC2)C(O)(c1ccccc1)c1cccs1. The van der Waals surface area contributed by atoms with Crippen LogP contribution in [0.15, 0.2) is 72.1 Å². The number of hydrogen-bond acceptors (Lipinski definition) is 6. The van der Waals surface area contributed by atoms with E-state index < -0.39 is 5.60 Å². The number of thiophene rings is 1. The van der Waals surface area contributed by atoms with Gasteiger partial charge in [-0.15, -0.1) is 11.3 Å². The minimum atomic E-state index is -1.68.